The van der Waals surface area contributed by atoms with Gasteiger partial charge in [0.25, 0.3) is 0 Å². The Morgan fingerprint density at radius 1 is 1.33 bits per heavy atom. The predicted octanol–water partition coefficient (Wildman–Crippen LogP) is 2.76. The highest BCUT2D eigenvalue weighted by Crippen LogP contribution is 2.23. The number of nitrogens with zero attached hydrogens (tertiary/aromatic N) is 3. The molecular formula is C17H24N4. The first-order valence-electron chi connectivity index (χ1n) is 7.88. The van der Waals surface area contributed by atoms with E-state index in [1.54, 1.807) is 0 Å². The number of anilines is 1. The zero-order valence-corrected chi connectivity index (χ0v) is 12.9. The maximum absolute atomic E-state index is 4.79. The number of rotatable bonds is 4. The van der Waals surface area contributed by atoms with E-state index in [4.69, 9.17) is 4.98 Å². The molecule has 112 valence electrons. The Labute approximate surface area is 126 Å². The molecule has 0 radical (unpaired) electrons. The summed E-state index contributed by atoms with van der Waals surface area (Å²) in [7, 11) is 0. The van der Waals surface area contributed by atoms with E-state index in [0.29, 0.717) is 6.04 Å². The largest absolute Gasteiger partial charge is 0.338 e. The van der Waals surface area contributed by atoms with E-state index in [1.165, 1.54) is 18.5 Å². The van der Waals surface area contributed by atoms with Crippen molar-refractivity contribution >= 4 is 5.95 Å². The Hall–Kier alpha value is -1.81. The minimum Gasteiger partial charge on any atom is -0.338 e. The first-order valence-corrected chi connectivity index (χ1v) is 7.88. The van der Waals surface area contributed by atoms with E-state index in [9.17, 15) is 0 Å². The zero-order valence-electron chi connectivity index (χ0n) is 12.9. The molecule has 0 bridgehead atoms. The number of nitrogens with one attached hydrogen (secondary N) is 1. The summed E-state index contributed by atoms with van der Waals surface area (Å²) in [5.74, 6) is 1.06. The van der Waals surface area contributed by atoms with Crippen LogP contribution in [0.15, 0.2) is 36.5 Å². The van der Waals surface area contributed by atoms with Gasteiger partial charge in [-0.1, -0.05) is 18.2 Å². The Morgan fingerprint density at radius 2 is 2.14 bits per heavy atom. The molecule has 1 N–H and O–H groups in total. The van der Waals surface area contributed by atoms with Crippen molar-refractivity contribution in [3.63, 3.8) is 0 Å². The maximum Gasteiger partial charge on any atom is 0.210 e. The highest BCUT2D eigenvalue weighted by Gasteiger charge is 2.24. The molecule has 4 nitrogen and oxygen atoms in total. The Kier molecular flexibility index (Phi) is 4.25. The highest BCUT2D eigenvalue weighted by molar-refractivity contribution is 5.45. The van der Waals surface area contributed by atoms with Gasteiger partial charge >= 0.3 is 0 Å². The molecule has 2 heterocycles. The molecule has 1 aromatic carbocycles. The lowest BCUT2D eigenvalue weighted by Gasteiger charge is -2.35. The molecule has 2 aromatic rings. The van der Waals surface area contributed by atoms with Gasteiger partial charge in [0.15, 0.2) is 0 Å². The second-order valence-electron chi connectivity index (χ2n) is 5.67. The molecule has 1 aliphatic heterocycles. The first kappa shape index (κ1) is 14.1. The van der Waals surface area contributed by atoms with E-state index >= 15 is 0 Å². The molecule has 21 heavy (non-hydrogen) atoms. The van der Waals surface area contributed by atoms with Crippen molar-refractivity contribution in [3.8, 4) is 5.69 Å². The monoisotopic (exact) mass is 284 g/mol. The summed E-state index contributed by atoms with van der Waals surface area (Å²) in [5.41, 5.74) is 2.24. The van der Waals surface area contributed by atoms with Gasteiger partial charge in [0, 0.05) is 31.0 Å². The van der Waals surface area contributed by atoms with Gasteiger partial charge in [-0.3, -0.25) is 4.57 Å². The molecule has 1 atom stereocenters. The fourth-order valence-corrected chi connectivity index (χ4v) is 3.13. The van der Waals surface area contributed by atoms with E-state index in [1.807, 2.05) is 0 Å². The van der Waals surface area contributed by atoms with Crippen molar-refractivity contribution in [1.29, 1.82) is 0 Å². The molecule has 3 rings (SSSR count). The minimum absolute atomic E-state index is 0.535. The lowest BCUT2D eigenvalue weighted by atomic mass is 10.1. The molecule has 1 saturated heterocycles. The molecule has 1 unspecified atom stereocenters. The Morgan fingerprint density at radius 3 is 2.81 bits per heavy atom. The van der Waals surface area contributed by atoms with Crippen molar-refractivity contribution in [2.45, 2.75) is 32.7 Å². The van der Waals surface area contributed by atoms with Crippen molar-refractivity contribution in [3.05, 3.63) is 42.2 Å². The van der Waals surface area contributed by atoms with Gasteiger partial charge < -0.3 is 10.2 Å². The average molecular weight is 284 g/mol. The second kappa shape index (κ2) is 6.31. The topological polar surface area (TPSA) is 33.1 Å². The van der Waals surface area contributed by atoms with E-state index in [2.05, 4.69) is 65.2 Å². The number of hydrogen-bond acceptors (Lipinski definition) is 3. The molecule has 1 fully saturated rings. The molecule has 4 heteroatoms. The van der Waals surface area contributed by atoms with E-state index in [0.717, 1.165) is 31.3 Å². The number of aromatic nitrogens is 2. The summed E-state index contributed by atoms with van der Waals surface area (Å²) >= 11 is 0. The Bertz CT molecular complexity index is 570. The van der Waals surface area contributed by atoms with Gasteiger partial charge in [-0.2, -0.15) is 0 Å². The van der Waals surface area contributed by atoms with Gasteiger partial charge in [0.1, 0.15) is 0 Å². The van der Waals surface area contributed by atoms with Crippen LogP contribution < -0.4 is 10.2 Å². The molecule has 0 saturated carbocycles. The first-order chi connectivity index (χ1) is 10.3. The zero-order chi connectivity index (χ0) is 14.7. The second-order valence-corrected chi connectivity index (χ2v) is 5.67. The van der Waals surface area contributed by atoms with Gasteiger partial charge in [-0.25, -0.2) is 4.98 Å². The summed E-state index contributed by atoms with van der Waals surface area (Å²) < 4.78 is 2.22. The smallest absolute Gasteiger partial charge is 0.210 e. The SMILES string of the molecule is CCN(c1nc(C)cn1-c1ccccc1)C1CCCNC1. The maximum atomic E-state index is 4.79. The number of piperidine rings is 1. The van der Waals surface area contributed by atoms with Crippen LogP contribution in [0.3, 0.4) is 0 Å². The number of aryl methyl sites for hydroxylation is 1. The van der Waals surface area contributed by atoms with Crippen LogP contribution in [0.1, 0.15) is 25.5 Å². The van der Waals surface area contributed by atoms with Gasteiger partial charge in [-0.15, -0.1) is 0 Å². The van der Waals surface area contributed by atoms with Crippen molar-refractivity contribution in [1.82, 2.24) is 14.9 Å². The fourth-order valence-electron chi connectivity index (χ4n) is 3.13. The third kappa shape index (κ3) is 2.95. The summed E-state index contributed by atoms with van der Waals surface area (Å²) in [6.45, 7) is 7.45. The molecule has 0 amide bonds. The number of benzene rings is 1. The number of imidazole rings is 1. The van der Waals surface area contributed by atoms with E-state index < -0.39 is 0 Å². The van der Waals surface area contributed by atoms with Crippen LogP contribution in [-0.4, -0.2) is 35.2 Å². The third-order valence-corrected chi connectivity index (χ3v) is 4.15. The summed E-state index contributed by atoms with van der Waals surface area (Å²) in [5, 5.41) is 3.51. The van der Waals surface area contributed by atoms with Crippen LogP contribution in [0.5, 0.6) is 0 Å². The number of para-hydroxylation sites is 1. The number of likely N-dealkylation sites (N-methyl/N-ethyl adjacent to an activating group) is 1. The predicted molar refractivity (Wildman–Crippen MR) is 87.2 cm³/mol. The standard InChI is InChI=1S/C17H24N4/c1-3-20(16-10-7-11-18-12-16)17-19-14(2)13-21(17)15-8-5-4-6-9-15/h4-6,8-9,13,16,18H,3,7,10-12H2,1-2H3. The summed E-state index contributed by atoms with van der Waals surface area (Å²) in [4.78, 5) is 7.23. The van der Waals surface area contributed by atoms with Crippen LogP contribution >= 0.6 is 0 Å². The quantitative estimate of drug-likeness (QED) is 0.937. The minimum atomic E-state index is 0.535. The van der Waals surface area contributed by atoms with Crippen LogP contribution in [0.25, 0.3) is 5.69 Å². The van der Waals surface area contributed by atoms with Crippen LogP contribution in [0.2, 0.25) is 0 Å². The normalized spacial score (nSPS) is 18.7. The van der Waals surface area contributed by atoms with Crippen LogP contribution in [-0.2, 0) is 0 Å². The van der Waals surface area contributed by atoms with Crippen LogP contribution in [0, 0.1) is 6.92 Å². The summed E-state index contributed by atoms with van der Waals surface area (Å²) in [6, 6.07) is 11.0. The van der Waals surface area contributed by atoms with E-state index in [-0.39, 0.29) is 0 Å². The number of hydrogen-bond donors (Lipinski definition) is 1. The molecular weight excluding hydrogens is 260 g/mol. The van der Waals surface area contributed by atoms with Gasteiger partial charge in [-0.05, 0) is 45.4 Å². The third-order valence-electron chi connectivity index (χ3n) is 4.15. The fraction of sp³-hybridized carbons (Fsp3) is 0.471. The lowest BCUT2D eigenvalue weighted by Crippen LogP contribution is -2.47. The molecule has 0 aliphatic carbocycles. The summed E-state index contributed by atoms with van der Waals surface area (Å²) in [6.07, 6.45) is 4.61. The molecule has 0 spiro atoms. The highest BCUT2D eigenvalue weighted by atomic mass is 15.3. The lowest BCUT2D eigenvalue weighted by molar-refractivity contribution is 0.430. The molecule has 1 aliphatic rings. The van der Waals surface area contributed by atoms with Gasteiger partial charge in [0.05, 0.1) is 5.69 Å². The van der Waals surface area contributed by atoms with Crippen molar-refractivity contribution in [2.24, 2.45) is 0 Å². The Balaban J connectivity index is 1.96. The van der Waals surface area contributed by atoms with Crippen LogP contribution in [0.4, 0.5) is 5.95 Å². The van der Waals surface area contributed by atoms with Crippen molar-refractivity contribution < 1.29 is 0 Å². The van der Waals surface area contributed by atoms with Gasteiger partial charge in [0.2, 0.25) is 5.95 Å². The van der Waals surface area contributed by atoms with Crippen molar-refractivity contribution in [2.75, 3.05) is 24.5 Å². The average Bonchev–Trinajstić information content (AvgIpc) is 2.92. The molecule has 1 aromatic heterocycles.